The Morgan fingerprint density at radius 1 is 1.30 bits per heavy atom. The van der Waals surface area contributed by atoms with Crippen LogP contribution in [0.2, 0.25) is 0 Å². The molecule has 8 heteroatoms. The molecule has 1 aromatic carbocycles. The van der Waals surface area contributed by atoms with Gasteiger partial charge in [-0.15, -0.1) is 0 Å². The fourth-order valence-corrected chi connectivity index (χ4v) is 3.61. The molecule has 4 rings (SSSR count). The molecule has 0 unspecified atom stereocenters. The summed E-state index contributed by atoms with van der Waals surface area (Å²) in [6, 6.07) is 6.01. The average molecular weight is 371 g/mol. The van der Waals surface area contributed by atoms with Crippen LogP contribution in [-0.4, -0.2) is 64.4 Å². The quantitative estimate of drug-likeness (QED) is 0.715. The van der Waals surface area contributed by atoms with E-state index in [1.54, 1.807) is 11.1 Å². The van der Waals surface area contributed by atoms with Crippen LogP contribution in [0.5, 0.6) is 5.75 Å². The Hall–Kier alpha value is -2.61. The Labute approximate surface area is 157 Å². The van der Waals surface area contributed by atoms with Crippen molar-refractivity contribution in [2.45, 2.75) is 37.8 Å². The first-order chi connectivity index (χ1) is 13.2. The van der Waals surface area contributed by atoms with Crippen LogP contribution in [0.1, 0.15) is 25.7 Å². The van der Waals surface area contributed by atoms with Crippen molar-refractivity contribution >= 4 is 22.9 Å². The van der Waals surface area contributed by atoms with Crippen molar-refractivity contribution < 1.29 is 14.6 Å². The molecule has 2 fully saturated rings. The van der Waals surface area contributed by atoms with E-state index in [0.29, 0.717) is 37.9 Å². The Bertz CT molecular complexity index is 807. The number of hydrogen-bond acceptors (Lipinski definition) is 6. The molecule has 27 heavy (non-hydrogen) atoms. The van der Waals surface area contributed by atoms with E-state index in [0.717, 1.165) is 36.6 Å². The summed E-state index contributed by atoms with van der Waals surface area (Å²) >= 11 is 0. The molecule has 3 N–H and O–H groups in total. The molecule has 0 atom stereocenters. The number of amides is 2. The number of carbonyl (C=O) groups is 1. The number of aliphatic hydroxyl groups excluding tert-OH is 1. The first-order valence-electron chi connectivity index (χ1n) is 9.55. The number of nitrogens with zero attached hydrogens (tertiary/aromatic N) is 3. The highest BCUT2D eigenvalue weighted by Gasteiger charge is 2.21. The number of benzene rings is 1. The first kappa shape index (κ1) is 17.8. The Balaban J connectivity index is 1.43. The minimum atomic E-state index is -0.182. The summed E-state index contributed by atoms with van der Waals surface area (Å²) in [4.78, 5) is 22.4. The van der Waals surface area contributed by atoms with Crippen LogP contribution < -0.4 is 15.4 Å². The third-order valence-electron chi connectivity index (χ3n) is 5.17. The maximum Gasteiger partial charge on any atom is 0.317 e. The fourth-order valence-electron chi connectivity index (χ4n) is 3.61. The Morgan fingerprint density at radius 3 is 2.93 bits per heavy atom. The van der Waals surface area contributed by atoms with Crippen LogP contribution in [0.4, 0.5) is 10.7 Å². The maximum absolute atomic E-state index is 11.6. The van der Waals surface area contributed by atoms with Crippen molar-refractivity contribution in [3.8, 4) is 5.75 Å². The lowest BCUT2D eigenvalue weighted by atomic mass is 9.93. The van der Waals surface area contributed by atoms with Gasteiger partial charge in [0.2, 0.25) is 5.95 Å². The molecule has 1 aliphatic heterocycles. The third kappa shape index (κ3) is 4.21. The molecule has 2 heterocycles. The predicted octanol–water partition coefficient (Wildman–Crippen LogP) is 1.75. The topological polar surface area (TPSA) is 99.6 Å². The van der Waals surface area contributed by atoms with Gasteiger partial charge in [0.05, 0.1) is 12.6 Å². The van der Waals surface area contributed by atoms with Gasteiger partial charge in [-0.25, -0.2) is 14.8 Å². The zero-order valence-electron chi connectivity index (χ0n) is 15.2. The Morgan fingerprint density at radius 2 is 2.15 bits per heavy atom. The summed E-state index contributed by atoms with van der Waals surface area (Å²) in [5.74, 6) is 1.27. The van der Waals surface area contributed by atoms with Gasteiger partial charge in [0.25, 0.3) is 0 Å². The van der Waals surface area contributed by atoms with Crippen LogP contribution >= 0.6 is 0 Å². The van der Waals surface area contributed by atoms with Crippen molar-refractivity contribution in [2.24, 2.45) is 0 Å². The second kappa shape index (κ2) is 7.96. The highest BCUT2D eigenvalue weighted by Crippen LogP contribution is 2.26. The van der Waals surface area contributed by atoms with Crippen LogP contribution in [0.15, 0.2) is 24.4 Å². The number of aromatic nitrogens is 2. The number of ether oxygens (including phenoxy) is 1. The Kier molecular flexibility index (Phi) is 5.24. The van der Waals surface area contributed by atoms with Gasteiger partial charge in [-0.05, 0) is 31.7 Å². The molecule has 0 radical (unpaired) electrons. The van der Waals surface area contributed by atoms with Gasteiger partial charge in [0.1, 0.15) is 17.9 Å². The molecular formula is C19H25N5O3. The van der Waals surface area contributed by atoms with Crippen molar-refractivity contribution in [1.29, 1.82) is 0 Å². The molecule has 1 aliphatic carbocycles. The van der Waals surface area contributed by atoms with Crippen molar-refractivity contribution in [3.05, 3.63) is 24.4 Å². The minimum absolute atomic E-state index is 0.0390. The van der Waals surface area contributed by atoms with Crippen molar-refractivity contribution in [2.75, 3.05) is 31.6 Å². The number of rotatable bonds is 6. The summed E-state index contributed by atoms with van der Waals surface area (Å²) in [5.41, 5.74) is 0.761. The van der Waals surface area contributed by atoms with Crippen molar-refractivity contribution in [3.63, 3.8) is 0 Å². The van der Waals surface area contributed by atoms with Crippen molar-refractivity contribution in [1.82, 2.24) is 20.2 Å². The number of nitrogens with one attached hydrogen (secondary N) is 2. The summed E-state index contributed by atoms with van der Waals surface area (Å²) in [6.07, 6.45) is 5.06. The summed E-state index contributed by atoms with van der Waals surface area (Å²) in [5, 5.41) is 16.7. The molecule has 144 valence electrons. The van der Waals surface area contributed by atoms with E-state index in [-0.39, 0.29) is 18.2 Å². The monoisotopic (exact) mass is 371 g/mol. The summed E-state index contributed by atoms with van der Waals surface area (Å²) < 4.78 is 5.92. The molecule has 2 amide bonds. The molecule has 1 saturated heterocycles. The van der Waals surface area contributed by atoms with E-state index in [1.807, 2.05) is 18.2 Å². The van der Waals surface area contributed by atoms with E-state index in [9.17, 15) is 9.90 Å². The second-order valence-corrected chi connectivity index (χ2v) is 7.10. The first-order valence-corrected chi connectivity index (χ1v) is 9.55. The van der Waals surface area contributed by atoms with E-state index < -0.39 is 0 Å². The molecule has 2 aromatic rings. The molecule has 1 saturated carbocycles. The fraction of sp³-hybridized carbons (Fsp3) is 0.526. The molecule has 8 nitrogen and oxygen atoms in total. The number of hydrogen-bond donors (Lipinski definition) is 3. The lowest BCUT2D eigenvalue weighted by Crippen LogP contribution is -2.31. The number of aliphatic hydroxyl groups is 1. The van der Waals surface area contributed by atoms with Gasteiger partial charge >= 0.3 is 6.03 Å². The summed E-state index contributed by atoms with van der Waals surface area (Å²) in [7, 11) is 0. The van der Waals surface area contributed by atoms with Crippen LogP contribution in [-0.2, 0) is 0 Å². The highest BCUT2D eigenvalue weighted by molar-refractivity contribution is 5.84. The van der Waals surface area contributed by atoms with E-state index in [1.165, 1.54) is 0 Å². The second-order valence-electron chi connectivity index (χ2n) is 7.10. The smallest absolute Gasteiger partial charge is 0.317 e. The number of carbonyl (C=O) groups excluding carboxylic acids is 1. The lowest BCUT2D eigenvalue weighted by molar-refractivity contribution is 0.126. The zero-order valence-corrected chi connectivity index (χ0v) is 15.2. The van der Waals surface area contributed by atoms with Gasteiger partial charge in [0.15, 0.2) is 0 Å². The van der Waals surface area contributed by atoms with Crippen LogP contribution in [0, 0.1) is 0 Å². The minimum Gasteiger partial charge on any atom is -0.489 e. The van der Waals surface area contributed by atoms with Gasteiger partial charge in [-0.1, -0.05) is 12.1 Å². The molecule has 0 spiro atoms. The lowest BCUT2D eigenvalue weighted by Gasteiger charge is -2.26. The third-order valence-corrected chi connectivity index (χ3v) is 5.17. The number of anilines is 1. The normalized spacial score (nSPS) is 22.7. The standard InChI is InChI=1S/C19H25N5O3/c25-15-6-4-14(5-7-15)22-18-21-12-13-2-1-3-16(17(13)23-18)27-11-10-24-9-8-20-19(24)26/h1-3,12,14-15,25H,4-11H2,(H,20,26)(H,21,22,23). The molecule has 2 aliphatic rings. The van der Waals surface area contributed by atoms with Gasteiger partial charge in [-0.2, -0.15) is 0 Å². The van der Waals surface area contributed by atoms with Crippen LogP contribution in [0.25, 0.3) is 10.9 Å². The largest absolute Gasteiger partial charge is 0.489 e. The van der Waals surface area contributed by atoms with Crippen LogP contribution in [0.3, 0.4) is 0 Å². The number of para-hydroxylation sites is 1. The highest BCUT2D eigenvalue weighted by atomic mass is 16.5. The molecular weight excluding hydrogens is 346 g/mol. The molecule has 0 bridgehead atoms. The van der Waals surface area contributed by atoms with Gasteiger partial charge in [0, 0.05) is 30.7 Å². The SMILES string of the molecule is O=C1NCCN1CCOc1cccc2cnc(NC3CCC(O)CC3)nc12. The van der Waals surface area contributed by atoms with Gasteiger partial charge < -0.3 is 25.4 Å². The number of urea groups is 1. The average Bonchev–Trinajstić information content (AvgIpc) is 3.09. The number of fused-ring (bicyclic) bond motifs is 1. The molecule has 1 aromatic heterocycles. The zero-order chi connectivity index (χ0) is 18.6. The van der Waals surface area contributed by atoms with E-state index in [4.69, 9.17) is 4.74 Å². The van der Waals surface area contributed by atoms with E-state index in [2.05, 4.69) is 20.6 Å². The summed E-state index contributed by atoms with van der Waals surface area (Å²) in [6.45, 7) is 2.36. The predicted molar refractivity (Wildman–Crippen MR) is 102 cm³/mol. The maximum atomic E-state index is 11.6. The van der Waals surface area contributed by atoms with E-state index >= 15 is 0 Å². The van der Waals surface area contributed by atoms with Gasteiger partial charge in [-0.3, -0.25) is 0 Å².